The lowest BCUT2D eigenvalue weighted by Gasteiger charge is -2.12. The minimum atomic E-state index is -0.182. The number of aromatic nitrogens is 1. The number of hydrogen-bond acceptors (Lipinski definition) is 4. The first kappa shape index (κ1) is 16.8. The van der Waals surface area contributed by atoms with Crippen LogP contribution >= 0.6 is 0 Å². The van der Waals surface area contributed by atoms with E-state index in [1.54, 1.807) is 18.3 Å². The van der Waals surface area contributed by atoms with Crippen LogP contribution in [0.2, 0.25) is 0 Å². The molecule has 1 heterocycles. The number of anilines is 2. The zero-order valence-corrected chi connectivity index (χ0v) is 13.6. The van der Waals surface area contributed by atoms with Crippen molar-refractivity contribution in [3.8, 4) is 5.75 Å². The van der Waals surface area contributed by atoms with Crippen LogP contribution in [0.5, 0.6) is 5.75 Å². The van der Waals surface area contributed by atoms with Crippen molar-refractivity contribution in [3.05, 3.63) is 48.2 Å². The number of ether oxygens (including phenoxy) is 1. The topological polar surface area (TPSA) is 63.2 Å². The fourth-order valence-electron chi connectivity index (χ4n) is 2.11. The monoisotopic (exact) mass is 313 g/mol. The second-order valence-corrected chi connectivity index (χ2v) is 5.09. The fourth-order valence-corrected chi connectivity index (χ4v) is 2.11. The normalized spacial score (nSPS) is 10.2. The molecule has 5 heteroatoms. The smallest absolute Gasteiger partial charge is 0.255 e. The van der Waals surface area contributed by atoms with Crippen molar-refractivity contribution in [3.63, 3.8) is 0 Å². The summed E-state index contributed by atoms with van der Waals surface area (Å²) in [5, 5.41) is 6.11. The summed E-state index contributed by atoms with van der Waals surface area (Å²) in [5.41, 5.74) is 1.22. The first-order valence-corrected chi connectivity index (χ1v) is 7.97. The zero-order chi connectivity index (χ0) is 16.5. The van der Waals surface area contributed by atoms with Gasteiger partial charge in [-0.25, -0.2) is 4.98 Å². The lowest BCUT2D eigenvalue weighted by atomic mass is 10.2. The van der Waals surface area contributed by atoms with Gasteiger partial charge in [0.25, 0.3) is 5.91 Å². The third kappa shape index (κ3) is 4.98. The summed E-state index contributed by atoms with van der Waals surface area (Å²) in [6.45, 7) is 5.44. The van der Waals surface area contributed by atoms with Gasteiger partial charge in [0.2, 0.25) is 0 Å². The van der Waals surface area contributed by atoms with E-state index in [1.807, 2.05) is 31.2 Å². The Morgan fingerprint density at radius 2 is 2.04 bits per heavy atom. The highest BCUT2D eigenvalue weighted by molar-refractivity contribution is 6.05. The first-order chi connectivity index (χ1) is 11.2. The summed E-state index contributed by atoms with van der Waals surface area (Å²) < 4.78 is 5.52. The molecule has 2 aromatic rings. The molecule has 0 fully saturated rings. The maximum absolute atomic E-state index is 12.4. The van der Waals surface area contributed by atoms with E-state index in [0.717, 1.165) is 19.4 Å². The molecule has 122 valence electrons. The molecule has 0 unspecified atom stereocenters. The molecule has 0 saturated carbocycles. The average molecular weight is 313 g/mol. The molecule has 0 atom stereocenters. The number of hydrogen-bond donors (Lipinski definition) is 2. The van der Waals surface area contributed by atoms with Crippen LogP contribution in [0.3, 0.4) is 0 Å². The molecular formula is C18H23N3O2. The fraction of sp³-hybridized carbons (Fsp3) is 0.333. The SMILES string of the molecule is CCCCNc1cc(C(=O)Nc2ccccc2OCC)ccn1. The van der Waals surface area contributed by atoms with E-state index in [0.29, 0.717) is 29.4 Å². The summed E-state index contributed by atoms with van der Waals surface area (Å²) in [4.78, 5) is 16.7. The Bertz CT molecular complexity index is 644. The molecule has 2 rings (SSSR count). The molecule has 0 aliphatic rings. The standard InChI is InChI=1S/C18H23N3O2/c1-3-5-11-19-17-13-14(10-12-20-17)18(22)21-15-8-6-7-9-16(15)23-4-2/h6-10,12-13H,3-5,11H2,1-2H3,(H,19,20)(H,21,22). The molecule has 0 spiro atoms. The largest absolute Gasteiger partial charge is 0.492 e. The first-order valence-electron chi connectivity index (χ1n) is 7.97. The summed E-state index contributed by atoms with van der Waals surface area (Å²) in [6.07, 6.45) is 3.82. The molecule has 0 saturated heterocycles. The lowest BCUT2D eigenvalue weighted by molar-refractivity contribution is 0.102. The van der Waals surface area contributed by atoms with Crippen molar-refractivity contribution in [1.29, 1.82) is 0 Å². The molecule has 5 nitrogen and oxygen atoms in total. The maximum Gasteiger partial charge on any atom is 0.255 e. The van der Waals surface area contributed by atoms with Gasteiger partial charge in [-0.1, -0.05) is 25.5 Å². The highest BCUT2D eigenvalue weighted by Crippen LogP contribution is 2.24. The van der Waals surface area contributed by atoms with Gasteiger partial charge in [-0.15, -0.1) is 0 Å². The van der Waals surface area contributed by atoms with Gasteiger partial charge in [0.15, 0.2) is 0 Å². The summed E-state index contributed by atoms with van der Waals surface area (Å²) in [6, 6.07) is 10.9. The van der Waals surface area contributed by atoms with Crippen LogP contribution in [0.15, 0.2) is 42.6 Å². The second-order valence-electron chi connectivity index (χ2n) is 5.09. The summed E-state index contributed by atoms with van der Waals surface area (Å²) >= 11 is 0. The van der Waals surface area contributed by atoms with E-state index in [4.69, 9.17) is 4.74 Å². The van der Waals surface area contributed by atoms with Crippen LogP contribution in [0.1, 0.15) is 37.0 Å². The second kappa shape index (κ2) is 8.78. The Morgan fingerprint density at radius 3 is 2.83 bits per heavy atom. The minimum Gasteiger partial charge on any atom is -0.492 e. The molecule has 0 aliphatic heterocycles. The number of amides is 1. The third-order valence-electron chi connectivity index (χ3n) is 3.29. The molecular weight excluding hydrogens is 290 g/mol. The van der Waals surface area contributed by atoms with Gasteiger partial charge < -0.3 is 15.4 Å². The Labute approximate surface area is 137 Å². The number of para-hydroxylation sites is 2. The van der Waals surface area contributed by atoms with Gasteiger partial charge >= 0.3 is 0 Å². The highest BCUT2D eigenvalue weighted by Gasteiger charge is 2.10. The van der Waals surface area contributed by atoms with Crippen LogP contribution in [0.4, 0.5) is 11.5 Å². The minimum absolute atomic E-state index is 0.182. The Kier molecular flexibility index (Phi) is 6.41. The zero-order valence-electron chi connectivity index (χ0n) is 13.6. The molecule has 23 heavy (non-hydrogen) atoms. The van der Waals surface area contributed by atoms with Crippen molar-refractivity contribution in [2.24, 2.45) is 0 Å². The van der Waals surface area contributed by atoms with Crippen molar-refractivity contribution in [2.45, 2.75) is 26.7 Å². The van der Waals surface area contributed by atoms with Crippen LogP contribution in [0.25, 0.3) is 0 Å². The number of nitrogens with one attached hydrogen (secondary N) is 2. The number of rotatable bonds is 8. The van der Waals surface area contributed by atoms with Crippen molar-refractivity contribution >= 4 is 17.4 Å². The van der Waals surface area contributed by atoms with Gasteiger partial charge in [0.05, 0.1) is 12.3 Å². The lowest BCUT2D eigenvalue weighted by Crippen LogP contribution is -2.14. The van der Waals surface area contributed by atoms with Gasteiger partial charge in [-0.3, -0.25) is 4.79 Å². The van der Waals surface area contributed by atoms with Gasteiger partial charge in [0.1, 0.15) is 11.6 Å². The molecule has 0 aliphatic carbocycles. The van der Waals surface area contributed by atoms with Gasteiger partial charge in [-0.2, -0.15) is 0 Å². The molecule has 0 bridgehead atoms. The van der Waals surface area contributed by atoms with Crippen LogP contribution in [-0.4, -0.2) is 24.0 Å². The maximum atomic E-state index is 12.4. The number of pyridine rings is 1. The predicted octanol–water partition coefficient (Wildman–Crippen LogP) is 3.94. The van der Waals surface area contributed by atoms with Crippen molar-refractivity contribution in [1.82, 2.24) is 4.98 Å². The van der Waals surface area contributed by atoms with Crippen molar-refractivity contribution in [2.75, 3.05) is 23.8 Å². The number of nitrogens with zero attached hydrogens (tertiary/aromatic N) is 1. The van der Waals surface area contributed by atoms with Gasteiger partial charge in [0, 0.05) is 18.3 Å². The predicted molar refractivity (Wildman–Crippen MR) is 93.2 cm³/mol. The molecule has 0 radical (unpaired) electrons. The third-order valence-corrected chi connectivity index (χ3v) is 3.29. The van der Waals surface area contributed by atoms with E-state index < -0.39 is 0 Å². The summed E-state index contributed by atoms with van der Waals surface area (Å²) in [7, 11) is 0. The van der Waals surface area contributed by atoms with E-state index in [2.05, 4.69) is 22.5 Å². The average Bonchev–Trinajstić information content (AvgIpc) is 2.57. The quantitative estimate of drug-likeness (QED) is 0.724. The van der Waals surface area contributed by atoms with E-state index >= 15 is 0 Å². The molecule has 2 N–H and O–H groups in total. The van der Waals surface area contributed by atoms with E-state index in [-0.39, 0.29) is 5.91 Å². The number of benzene rings is 1. The Morgan fingerprint density at radius 1 is 1.22 bits per heavy atom. The van der Waals surface area contributed by atoms with Gasteiger partial charge in [-0.05, 0) is 37.6 Å². The van der Waals surface area contributed by atoms with Crippen LogP contribution < -0.4 is 15.4 Å². The van der Waals surface area contributed by atoms with E-state index in [9.17, 15) is 4.79 Å². The van der Waals surface area contributed by atoms with Crippen LogP contribution in [-0.2, 0) is 0 Å². The molecule has 1 aromatic heterocycles. The highest BCUT2D eigenvalue weighted by atomic mass is 16.5. The number of carbonyl (C=O) groups excluding carboxylic acids is 1. The molecule has 1 aromatic carbocycles. The molecule has 1 amide bonds. The number of carbonyl (C=O) groups is 1. The Balaban J connectivity index is 2.07. The summed E-state index contributed by atoms with van der Waals surface area (Å²) in [5.74, 6) is 1.20. The van der Waals surface area contributed by atoms with Crippen molar-refractivity contribution < 1.29 is 9.53 Å². The Hall–Kier alpha value is -2.56. The van der Waals surface area contributed by atoms with E-state index in [1.165, 1.54) is 0 Å². The number of unbranched alkanes of at least 4 members (excludes halogenated alkanes) is 1. The van der Waals surface area contributed by atoms with Crippen LogP contribution in [0, 0.1) is 0 Å².